The molecular weight excluding hydrogens is 356 g/mol. The Labute approximate surface area is 164 Å². The number of methoxy groups -OCH3 is 1. The molecule has 0 aliphatic carbocycles. The first-order valence-corrected chi connectivity index (χ1v) is 9.67. The van der Waals surface area contributed by atoms with Gasteiger partial charge in [0.1, 0.15) is 5.75 Å². The van der Waals surface area contributed by atoms with Crippen LogP contribution in [-0.2, 0) is 6.42 Å². The van der Waals surface area contributed by atoms with Gasteiger partial charge in [0.15, 0.2) is 0 Å². The average Bonchev–Trinajstić information content (AvgIpc) is 3.07. The number of benzene rings is 3. The van der Waals surface area contributed by atoms with E-state index in [9.17, 15) is 0 Å². The van der Waals surface area contributed by atoms with E-state index in [2.05, 4.69) is 35.3 Å². The smallest absolute Gasteiger partial charge is 0.136 e. The van der Waals surface area contributed by atoms with Crippen LogP contribution in [0.25, 0.3) is 32.9 Å². The fraction of sp³-hybridized carbons (Fsp3) is 0.217. The van der Waals surface area contributed by atoms with Crippen molar-refractivity contribution in [2.75, 3.05) is 13.7 Å². The third kappa shape index (κ3) is 3.18. The molecule has 27 heavy (non-hydrogen) atoms. The molecule has 3 N–H and O–H groups in total. The molecule has 0 aliphatic rings. The summed E-state index contributed by atoms with van der Waals surface area (Å²) in [6.07, 6.45) is 2.99. The molecular formula is C23H23ClN2O. The second-order valence-corrected chi connectivity index (χ2v) is 7.16. The standard InChI is InChI=1S/C23H23ClN2O/c1-27-23-16-8-3-2-7-15(16)12-13-19(23)21-17(9-4-5-14-25)18-10-6-11-20(24)22(18)26-21/h2-3,6-8,10-13,26H,4-5,9,14,25H2,1H3. The third-order valence-electron chi connectivity index (χ3n) is 5.12. The molecule has 3 aromatic carbocycles. The topological polar surface area (TPSA) is 51.0 Å². The molecule has 4 heteroatoms. The number of unbranched alkanes of at least 4 members (excludes halogenated alkanes) is 1. The molecule has 0 saturated heterocycles. The predicted octanol–water partition coefficient (Wildman–Crippen LogP) is 5.93. The molecule has 1 heterocycles. The Bertz CT molecular complexity index is 1100. The lowest BCUT2D eigenvalue weighted by Crippen LogP contribution is -1.99. The Morgan fingerprint density at radius 3 is 2.59 bits per heavy atom. The van der Waals surface area contributed by atoms with E-state index in [1.54, 1.807) is 7.11 Å². The maximum atomic E-state index is 6.48. The zero-order valence-electron chi connectivity index (χ0n) is 15.4. The van der Waals surface area contributed by atoms with Gasteiger partial charge in [-0.15, -0.1) is 0 Å². The van der Waals surface area contributed by atoms with Gasteiger partial charge in [0.25, 0.3) is 0 Å². The van der Waals surface area contributed by atoms with Crippen molar-refractivity contribution >= 4 is 33.3 Å². The highest BCUT2D eigenvalue weighted by atomic mass is 35.5. The van der Waals surface area contributed by atoms with Crippen molar-refractivity contribution in [2.45, 2.75) is 19.3 Å². The number of H-pyrrole nitrogens is 1. The minimum Gasteiger partial charge on any atom is -0.495 e. The summed E-state index contributed by atoms with van der Waals surface area (Å²) in [5.41, 5.74) is 10.1. The van der Waals surface area contributed by atoms with Crippen molar-refractivity contribution in [3.63, 3.8) is 0 Å². The van der Waals surface area contributed by atoms with E-state index in [0.29, 0.717) is 6.54 Å². The summed E-state index contributed by atoms with van der Waals surface area (Å²) in [5, 5.41) is 4.18. The number of halogens is 1. The number of nitrogens with one attached hydrogen (secondary N) is 1. The normalized spacial score (nSPS) is 11.4. The highest BCUT2D eigenvalue weighted by Crippen LogP contribution is 2.41. The summed E-state index contributed by atoms with van der Waals surface area (Å²) < 4.78 is 5.85. The molecule has 3 nitrogen and oxygen atoms in total. The Kier molecular flexibility index (Phi) is 5.06. The van der Waals surface area contributed by atoms with Crippen molar-refractivity contribution in [1.29, 1.82) is 0 Å². The average molecular weight is 379 g/mol. The van der Waals surface area contributed by atoms with Crippen molar-refractivity contribution in [3.8, 4) is 17.0 Å². The minimum absolute atomic E-state index is 0.706. The van der Waals surface area contributed by atoms with Crippen LogP contribution in [0.2, 0.25) is 5.02 Å². The van der Waals surface area contributed by atoms with Gasteiger partial charge >= 0.3 is 0 Å². The van der Waals surface area contributed by atoms with E-state index in [1.165, 1.54) is 10.9 Å². The number of aryl methyl sites for hydroxylation is 1. The van der Waals surface area contributed by atoms with Crippen molar-refractivity contribution in [2.24, 2.45) is 5.73 Å². The maximum Gasteiger partial charge on any atom is 0.136 e. The summed E-state index contributed by atoms with van der Waals surface area (Å²) in [6.45, 7) is 0.706. The molecule has 0 bridgehead atoms. The van der Waals surface area contributed by atoms with Gasteiger partial charge in [-0.1, -0.05) is 54.1 Å². The van der Waals surface area contributed by atoms with Gasteiger partial charge in [-0.25, -0.2) is 0 Å². The lowest BCUT2D eigenvalue weighted by molar-refractivity contribution is 0.421. The minimum atomic E-state index is 0.706. The fourth-order valence-electron chi connectivity index (χ4n) is 3.83. The first-order valence-electron chi connectivity index (χ1n) is 9.30. The van der Waals surface area contributed by atoms with E-state index in [0.717, 1.165) is 57.6 Å². The van der Waals surface area contributed by atoms with E-state index in [4.69, 9.17) is 22.1 Å². The molecule has 1 aromatic heterocycles. The third-order valence-corrected chi connectivity index (χ3v) is 5.44. The lowest BCUT2D eigenvalue weighted by Gasteiger charge is -2.13. The van der Waals surface area contributed by atoms with Crippen LogP contribution in [0.4, 0.5) is 0 Å². The van der Waals surface area contributed by atoms with Gasteiger partial charge in [-0.3, -0.25) is 0 Å². The van der Waals surface area contributed by atoms with Crippen LogP contribution >= 0.6 is 11.6 Å². The van der Waals surface area contributed by atoms with Gasteiger partial charge in [0.2, 0.25) is 0 Å². The van der Waals surface area contributed by atoms with Gasteiger partial charge in [0, 0.05) is 16.3 Å². The van der Waals surface area contributed by atoms with Crippen molar-refractivity contribution < 1.29 is 4.74 Å². The van der Waals surface area contributed by atoms with Crippen LogP contribution in [0, 0.1) is 0 Å². The molecule has 0 aliphatic heterocycles. The number of hydrogen-bond acceptors (Lipinski definition) is 2. The Balaban J connectivity index is 1.96. The summed E-state index contributed by atoms with van der Waals surface area (Å²) in [5.74, 6) is 0.885. The maximum absolute atomic E-state index is 6.48. The molecule has 0 atom stereocenters. The van der Waals surface area contributed by atoms with Crippen LogP contribution in [0.1, 0.15) is 18.4 Å². The number of aromatic nitrogens is 1. The van der Waals surface area contributed by atoms with Gasteiger partial charge in [-0.2, -0.15) is 0 Å². The Morgan fingerprint density at radius 1 is 0.963 bits per heavy atom. The molecule has 0 unspecified atom stereocenters. The van der Waals surface area contributed by atoms with Crippen LogP contribution < -0.4 is 10.5 Å². The predicted molar refractivity (Wildman–Crippen MR) is 115 cm³/mol. The highest BCUT2D eigenvalue weighted by Gasteiger charge is 2.19. The van der Waals surface area contributed by atoms with E-state index < -0.39 is 0 Å². The monoisotopic (exact) mass is 378 g/mol. The van der Waals surface area contributed by atoms with Crippen LogP contribution in [-0.4, -0.2) is 18.6 Å². The summed E-state index contributed by atoms with van der Waals surface area (Å²) >= 11 is 6.48. The summed E-state index contributed by atoms with van der Waals surface area (Å²) in [7, 11) is 1.73. The summed E-state index contributed by atoms with van der Waals surface area (Å²) in [4.78, 5) is 3.57. The number of nitrogens with two attached hydrogens (primary N) is 1. The number of rotatable bonds is 6. The molecule has 0 amide bonds. The second-order valence-electron chi connectivity index (χ2n) is 6.75. The van der Waals surface area contributed by atoms with Crippen LogP contribution in [0.15, 0.2) is 54.6 Å². The summed E-state index contributed by atoms with van der Waals surface area (Å²) in [6, 6.07) is 18.6. The number of fused-ring (bicyclic) bond motifs is 2. The molecule has 138 valence electrons. The van der Waals surface area contributed by atoms with E-state index in [-0.39, 0.29) is 0 Å². The highest BCUT2D eigenvalue weighted by molar-refractivity contribution is 6.35. The van der Waals surface area contributed by atoms with E-state index in [1.807, 2.05) is 24.3 Å². The number of ether oxygens (including phenoxy) is 1. The number of hydrogen-bond donors (Lipinski definition) is 2. The molecule has 4 aromatic rings. The van der Waals surface area contributed by atoms with Crippen molar-refractivity contribution in [1.82, 2.24) is 4.98 Å². The SMILES string of the molecule is COc1c(-c2[nH]c3c(Cl)cccc3c2CCCCN)ccc2ccccc12. The van der Waals surface area contributed by atoms with E-state index >= 15 is 0 Å². The largest absolute Gasteiger partial charge is 0.495 e. The fourth-order valence-corrected chi connectivity index (χ4v) is 4.06. The second kappa shape index (κ2) is 7.63. The first kappa shape index (κ1) is 17.9. The molecule has 0 spiro atoms. The molecule has 0 saturated carbocycles. The molecule has 0 fully saturated rings. The quantitative estimate of drug-likeness (QED) is 0.408. The lowest BCUT2D eigenvalue weighted by atomic mass is 9.97. The van der Waals surface area contributed by atoms with Crippen molar-refractivity contribution in [3.05, 3.63) is 65.2 Å². The van der Waals surface area contributed by atoms with Crippen LogP contribution in [0.5, 0.6) is 5.75 Å². The number of aromatic amines is 1. The van der Waals surface area contributed by atoms with Crippen LogP contribution in [0.3, 0.4) is 0 Å². The molecule has 0 radical (unpaired) electrons. The molecule has 4 rings (SSSR count). The van der Waals surface area contributed by atoms with Gasteiger partial charge < -0.3 is 15.5 Å². The Morgan fingerprint density at radius 2 is 1.78 bits per heavy atom. The zero-order chi connectivity index (χ0) is 18.8. The Hall–Kier alpha value is -2.49. The first-order chi connectivity index (χ1) is 13.2. The van der Waals surface area contributed by atoms with Gasteiger partial charge in [0.05, 0.1) is 23.3 Å². The van der Waals surface area contributed by atoms with Gasteiger partial charge in [-0.05, 0) is 48.9 Å². The zero-order valence-corrected chi connectivity index (χ0v) is 16.1. The number of para-hydroxylation sites is 1.